The lowest BCUT2D eigenvalue weighted by molar-refractivity contribution is -0.115. The Labute approximate surface area is 115 Å². The van der Waals surface area contributed by atoms with Crippen molar-refractivity contribution in [2.24, 2.45) is 4.99 Å². The fourth-order valence-electron chi connectivity index (χ4n) is 2.53. The molecule has 3 rings (SSSR count). The van der Waals surface area contributed by atoms with E-state index in [1.165, 1.54) is 12.0 Å². The minimum atomic E-state index is -0.726. The van der Waals surface area contributed by atoms with Gasteiger partial charge in [0.2, 0.25) is 0 Å². The number of carbonyl (C=O) groups excluding carboxylic acids is 2. The molecule has 7 nitrogen and oxygen atoms in total. The van der Waals surface area contributed by atoms with Crippen LogP contribution in [-0.2, 0) is 9.53 Å². The number of nitrogens with one attached hydrogen (secondary N) is 1. The van der Waals surface area contributed by atoms with Gasteiger partial charge in [0.25, 0.3) is 5.91 Å². The van der Waals surface area contributed by atoms with Gasteiger partial charge in [-0.1, -0.05) is 0 Å². The van der Waals surface area contributed by atoms with Crippen molar-refractivity contribution in [3.05, 3.63) is 30.1 Å². The molecule has 2 aliphatic heterocycles. The van der Waals surface area contributed by atoms with E-state index in [1.54, 1.807) is 24.5 Å². The van der Waals surface area contributed by atoms with Gasteiger partial charge in [0.15, 0.2) is 5.66 Å². The third-order valence-electron chi connectivity index (χ3n) is 3.50. The van der Waals surface area contributed by atoms with Crippen molar-refractivity contribution in [3.8, 4) is 0 Å². The van der Waals surface area contributed by atoms with Crippen LogP contribution in [0.5, 0.6) is 0 Å². The molecule has 1 spiro atoms. The summed E-state index contributed by atoms with van der Waals surface area (Å²) >= 11 is 0. The number of aliphatic imine (C=N–C) groups is 1. The maximum atomic E-state index is 12.1. The first kappa shape index (κ1) is 12.6. The lowest BCUT2D eigenvalue weighted by Gasteiger charge is -2.20. The third-order valence-corrected chi connectivity index (χ3v) is 3.50. The van der Waals surface area contributed by atoms with Gasteiger partial charge in [0.05, 0.1) is 13.7 Å². The third kappa shape index (κ3) is 2.01. The van der Waals surface area contributed by atoms with Crippen LogP contribution >= 0.6 is 0 Å². The monoisotopic (exact) mass is 274 g/mol. The molecule has 1 N–H and O–H groups in total. The fourth-order valence-corrected chi connectivity index (χ4v) is 2.53. The predicted molar refractivity (Wildman–Crippen MR) is 70.2 cm³/mol. The average molecular weight is 274 g/mol. The van der Waals surface area contributed by atoms with E-state index in [-0.39, 0.29) is 5.91 Å². The molecule has 0 aliphatic carbocycles. The first-order valence-corrected chi connectivity index (χ1v) is 6.29. The summed E-state index contributed by atoms with van der Waals surface area (Å²) in [6.07, 6.45) is 3.42. The summed E-state index contributed by atoms with van der Waals surface area (Å²) in [7, 11) is 1.34. The van der Waals surface area contributed by atoms with E-state index in [0.717, 1.165) is 0 Å². The highest BCUT2D eigenvalue weighted by molar-refractivity contribution is 6.46. The van der Waals surface area contributed by atoms with Crippen LogP contribution in [0.3, 0.4) is 0 Å². The number of likely N-dealkylation sites (tertiary alicyclic amines) is 1. The van der Waals surface area contributed by atoms with Crippen LogP contribution in [0, 0.1) is 0 Å². The lowest BCUT2D eigenvalue weighted by Crippen LogP contribution is -2.45. The maximum Gasteiger partial charge on any atom is 0.409 e. The van der Waals surface area contributed by atoms with E-state index >= 15 is 0 Å². The molecule has 0 aromatic carbocycles. The summed E-state index contributed by atoms with van der Waals surface area (Å²) in [5.74, 6) is -0.232. The molecule has 0 radical (unpaired) electrons. The molecule has 1 unspecified atom stereocenters. The number of ether oxygens (including phenoxy) is 1. The Morgan fingerprint density at radius 1 is 1.55 bits per heavy atom. The van der Waals surface area contributed by atoms with Gasteiger partial charge in [0, 0.05) is 30.9 Å². The summed E-state index contributed by atoms with van der Waals surface area (Å²) < 4.78 is 4.69. The Morgan fingerprint density at radius 2 is 2.40 bits per heavy atom. The van der Waals surface area contributed by atoms with E-state index < -0.39 is 11.8 Å². The number of hydrogen-bond donors (Lipinski definition) is 1. The summed E-state index contributed by atoms with van der Waals surface area (Å²) in [4.78, 5) is 33.6. The molecular formula is C13H14N4O3. The van der Waals surface area contributed by atoms with E-state index in [2.05, 4.69) is 15.3 Å². The number of rotatable bonds is 1. The van der Waals surface area contributed by atoms with Gasteiger partial charge in [-0.3, -0.25) is 9.78 Å². The molecule has 1 saturated heterocycles. The lowest BCUT2D eigenvalue weighted by atomic mass is 10.1. The number of carbonyl (C=O) groups is 2. The summed E-state index contributed by atoms with van der Waals surface area (Å²) in [5.41, 5.74) is 0.319. The molecule has 3 heterocycles. The molecular weight excluding hydrogens is 260 g/mol. The Hall–Kier alpha value is -2.44. The second kappa shape index (κ2) is 4.59. The number of pyridine rings is 1. The Bertz CT molecular complexity index is 587. The molecule has 0 bridgehead atoms. The Kier molecular flexibility index (Phi) is 2.89. The molecule has 20 heavy (non-hydrogen) atoms. The maximum absolute atomic E-state index is 12.1. The second-order valence-electron chi connectivity index (χ2n) is 4.83. The van der Waals surface area contributed by atoms with Crippen LogP contribution < -0.4 is 5.32 Å². The smallest absolute Gasteiger partial charge is 0.409 e. The van der Waals surface area contributed by atoms with Gasteiger partial charge in [-0.05, 0) is 12.1 Å². The molecule has 1 atom stereocenters. The first-order chi connectivity index (χ1) is 9.63. The number of aromatic nitrogens is 1. The summed E-state index contributed by atoms with van der Waals surface area (Å²) in [6, 6.07) is 3.54. The van der Waals surface area contributed by atoms with E-state index in [1.807, 2.05) is 0 Å². The summed E-state index contributed by atoms with van der Waals surface area (Å²) in [5, 5.41) is 2.87. The normalized spacial score (nSPS) is 24.8. The van der Waals surface area contributed by atoms with Crippen molar-refractivity contribution in [2.45, 2.75) is 12.1 Å². The molecule has 0 saturated carbocycles. The molecule has 1 fully saturated rings. The van der Waals surface area contributed by atoms with Crippen LogP contribution in [0.4, 0.5) is 4.79 Å². The minimum absolute atomic E-state index is 0.232. The quantitative estimate of drug-likeness (QED) is 0.791. The molecule has 2 aliphatic rings. The molecule has 7 heteroatoms. The number of amides is 2. The highest BCUT2D eigenvalue weighted by atomic mass is 16.5. The van der Waals surface area contributed by atoms with Crippen LogP contribution in [-0.4, -0.2) is 53.5 Å². The van der Waals surface area contributed by atoms with Crippen LogP contribution in [0.2, 0.25) is 0 Å². The van der Waals surface area contributed by atoms with E-state index in [4.69, 9.17) is 4.74 Å². The van der Waals surface area contributed by atoms with Gasteiger partial charge in [-0.2, -0.15) is 0 Å². The van der Waals surface area contributed by atoms with Crippen molar-refractivity contribution < 1.29 is 14.3 Å². The van der Waals surface area contributed by atoms with Crippen molar-refractivity contribution in [1.82, 2.24) is 15.2 Å². The fraction of sp³-hybridized carbons (Fsp3) is 0.385. The van der Waals surface area contributed by atoms with Crippen LogP contribution in [0.15, 0.2) is 29.5 Å². The van der Waals surface area contributed by atoms with Gasteiger partial charge < -0.3 is 15.0 Å². The van der Waals surface area contributed by atoms with Crippen molar-refractivity contribution in [2.75, 3.05) is 20.2 Å². The number of nitrogens with zero attached hydrogens (tertiary/aromatic N) is 3. The topological polar surface area (TPSA) is 83.9 Å². The average Bonchev–Trinajstić information content (AvgIpc) is 3.03. The van der Waals surface area contributed by atoms with Gasteiger partial charge in [0.1, 0.15) is 5.71 Å². The largest absolute Gasteiger partial charge is 0.453 e. The van der Waals surface area contributed by atoms with Gasteiger partial charge >= 0.3 is 6.09 Å². The van der Waals surface area contributed by atoms with E-state index in [0.29, 0.717) is 30.8 Å². The molecule has 1 aromatic rings. The zero-order valence-corrected chi connectivity index (χ0v) is 11.0. The predicted octanol–water partition coefficient (Wildman–Crippen LogP) is 0.169. The Balaban J connectivity index is 1.86. The van der Waals surface area contributed by atoms with Crippen molar-refractivity contribution in [3.63, 3.8) is 0 Å². The highest BCUT2D eigenvalue weighted by Crippen LogP contribution is 2.28. The van der Waals surface area contributed by atoms with Gasteiger partial charge in [-0.15, -0.1) is 0 Å². The number of methoxy groups -OCH3 is 1. The first-order valence-electron chi connectivity index (χ1n) is 6.29. The van der Waals surface area contributed by atoms with Gasteiger partial charge in [-0.25, -0.2) is 9.79 Å². The second-order valence-corrected chi connectivity index (χ2v) is 4.83. The van der Waals surface area contributed by atoms with Crippen LogP contribution in [0.25, 0.3) is 0 Å². The minimum Gasteiger partial charge on any atom is -0.453 e. The Morgan fingerprint density at radius 3 is 3.10 bits per heavy atom. The SMILES string of the molecule is COC(=O)N1CCC2(C1)N=C(c1cccnc1)C(=O)N2. The van der Waals surface area contributed by atoms with E-state index in [9.17, 15) is 9.59 Å². The van der Waals surface area contributed by atoms with Crippen LogP contribution in [0.1, 0.15) is 12.0 Å². The zero-order valence-electron chi connectivity index (χ0n) is 11.0. The molecule has 1 aromatic heterocycles. The van der Waals surface area contributed by atoms with Crippen molar-refractivity contribution in [1.29, 1.82) is 0 Å². The molecule has 104 valence electrons. The highest BCUT2D eigenvalue weighted by Gasteiger charge is 2.46. The standard InChI is InChI=1S/C13H14N4O3/c1-20-12(19)17-6-4-13(8-17)15-10(11(18)16-13)9-3-2-5-14-7-9/h2-3,5,7H,4,6,8H2,1H3,(H,16,18). The molecule has 2 amide bonds. The zero-order chi connectivity index (χ0) is 14.2. The number of hydrogen-bond acceptors (Lipinski definition) is 5. The van der Waals surface area contributed by atoms with Crippen molar-refractivity contribution >= 4 is 17.7 Å². The summed E-state index contributed by atoms with van der Waals surface area (Å²) in [6.45, 7) is 0.839.